The van der Waals surface area contributed by atoms with E-state index in [1.54, 1.807) is 17.9 Å². The standard InChI is InChI=1S/C15H25N4O5P.C4H10/c1-11(2)6-8-19-14(20)12-13(17(3)15(19)21)16-10-18(12)7-4-5-9-24-25(22)23;1-3-4-2/h10-11,25H,4-9H2,1-3H3,(H,22,23);3-4H2,1-2H3. The van der Waals surface area contributed by atoms with E-state index in [-0.39, 0.29) is 17.9 Å². The molecule has 2 aromatic rings. The molecular formula is C19H35N4O5P. The number of aryl methyl sites for hydroxylation is 2. The van der Waals surface area contributed by atoms with Gasteiger partial charge < -0.3 is 14.0 Å². The van der Waals surface area contributed by atoms with E-state index in [4.69, 9.17) is 4.89 Å². The maximum Gasteiger partial charge on any atom is 0.332 e. The van der Waals surface area contributed by atoms with Gasteiger partial charge in [0.15, 0.2) is 11.2 Å². The van der Waals surface area contributed by atoms with E-state index in [1.165, 1.54) is 22.0 Å². The summed E-state index contributed by atoms with van der Waals surface area (Å²) < 4.78 is 19.5. The fourth-order valence-corrected chi connectivity index (χ4v) is 2.94. The predicted molar refractivity (Wildman–Crippen MR) is 116 cm³/mol. The number of unbranched alkanes of at least 4 members (excludes halogenated alkanes) is 2. The molecule has 0 spiro atoms. The Balaban J connectivity index is 0.000000960. The Kier molecular flexibility index (Phi) is 11.2. The SMILES string of the molecule is CC(C)CCn1c(=O)c2c(ncn2CCCCO[PH](=O)O)n(C)c1=O.CCCC. The van der Waals surface area contributed by atoms with Gasteiger partial charge in [0.05, 0.1) is 12.9 Å². The summed E-state index contributed by atoms with van der Waals surface area (Å²) in [4.78, 5) is 38.0. The number of imidazole rings is 1. The Morgan fingerprint density at radius 2 is 1.83 bits per heavy atom. The Morgan fingerprint density at radius 3 is 2.38 bits per heavy atom. The Labute approximate surface area is 172 Å². The summed E-state index contributed by atoms with van der Waals surface area (Å²) in [6.07, 6.45) is 6.18. The van der Waals surface area contributed by atoms with Crippen LogP contribution >= 0.6 is 8.25 Å². The van der Waals surface area contributed by atoms with Crippen molar-refractivity contribution in [1.29, 1.82) is 0 Å². The third-order valence-electron chi connectivity index (χ3n) is 4.55. The average Bonchev–Trinajstić information content (AvgIpc) is 3.10. The van der Waals surface area contributed by atoms with Crippen molar-refractivity contribution < 1.29 is 14.0 Å². The lowest BCUT2D eigenvalue weighted by atomic mass is 10.1. The van der Waals surface area contributed by atoms with Crippen LogP contribution in [0, 0.1) is 5.92 Å². The second-order valence-corrected chi connectivity index (χ2v) is 8.23. The second kappa shape index (κ2) is 12.8. The lowest BCUT2D eigenvalue weighted by Crippen LogP contribution is -2.40. The molecule has 0 aliphatic heterocycles. The van der Waals surface area contributed by atoms with Crippen molar-refractivity contribution in [2.24, 2.45) is 13.0 Å². The highest BCUT2D eigenvalue weighted by Gasteiger charge is 2.16. The van der Waals surface area contributed by atoms with Crippen LogP contribution in [0.15, 0.2) is 15.9 Å². The van der Waals surface area contributed by atoms with Crippen LogP contribution in [-0.2, 0) is 29.2 Å². The Bertz CT molecular complexity index is 898. The van der Waals surface area contributed by atoms with Crippen molar-refractivity contribution in [3.05, 3.63) is 27.2 Å². The van der Waals surface area contributed by atoms with Crippen molar-refractivity contribution in [1.82, 2.24) is 18.7 Å². The van der Waals surface area contributed by atoms with Crippen molar-refractivity contribution in [2.45, 2.75) is 72.9 Å². The van der Waals surface area contributed by atoms with Gasteiger partial charge in [0.2, 0.25) is 0 Å². The molecule has 29 heavy (non-hydrogen) atoms. The molecule has 166 valence electrons. The molecule has 0 aliphatic carbocycles. The van der Waals surface area contributed by atoms with E-state index < -0.39 is 8.25 Å². The Morgan fingerprint density at radius 1 is 1.17 bits per heavy atom. The van der Waals surface area contributed by atoms with Gasteiger partial charge in [-0.15, -0.1) is 0 Å². The summed E-state index contributed by atoms with van der Waals surface area (Å²) in [5, 5.41) is 0. The van der Waals surface area contributed by atoms with Gasteiger partial charge >= 0.3 is 13.9 Å². The monoisotopic (exact) mass is 430 g/mol. The molecule has 2 aromatic heterocycles. The summed E-state index contributed by atoms with van der Waals surface area (Å²) in [5.74, 6) is 0.385. The van der Waals surface area contributed by atoms with Crippen LogP contribution < -0.4 is 11.2 Å². The van der Waals surface area contributed by atoms with E-state index in [2.05, 4.69) is 23.4 Å². The molecule has 1 N–H and O–H groups in total. The first kappa shape index (κ1) is 25.3. The molecule has 1 unspecified atom stereocenters. The summed E-state index contributed by atoms with van der Waals surface area (Å²) in [5.41, 5.74) is 0.0905. The van der Waals surface area contributed by atoms with Crippen LogP contribution in [0.4, 0.5) is 0 Å². The van der Waals surface area contributed by atoms with E-state index >= 15 is 0 Å². The first-order valence-electron chi connectivity index (χ1n) is 10.2. The van der Waals surface area contributed by atoms with Gasteiger partial charge in [-0.1, -0.05) is 40.5 Å². The molecule has 9 nitrogen and oxygen atoms in total. The topological polar surface area (TPSA) is 108 Å². The van der Waals surface area contributed by atoms with E-state index in [0.29, 0.717) is 43.0 Å². The fourth-order valence-electron chi connectivity index (χ4n) is 2.62. The van der Waals surface area contributed by atoms with E-state index in [1.807, 2.05) is 13.8 Å². The molecule has 0 saturated heterocycles. The smallest absolute Gasteiger partial charge is 0.326 e. The molecule has 2 rings (SSSR count). The maximum absolute atomic E-state index is 12.8. The number of nitrogens with zero attached hydrogens (tertiary/aromatic N) is 4. The fraction of sp³-hybridized carbons (Fsp3) is 0.737. The lowest BCUT2D eigenvalue weighted by Gasteiger charge is -2.11. The molecule has 0 radical (unpaired) electrons. The molecule has 0 aliphatic rings. The molecule has 10 heteroatoms. The van der Waals surface area contributed by atoms with Crippen molar-refractivity contribution in [3.8, 4) is 0 Å². The summed E-state index contributed by atoms with van der Waals surface area (Å²) >= 11 is 0. The third kappa shape index (κ3) is 7.57. The molecule has 0 fully saturated rings. The number of hydrogen-bond acceptors (Lipinski definition) is 5. The van der Waals surface area contributed by atoms with Crippen molar-refractivity contribution >= 4 is 19.4 Å². The number of hydrogen-bond donors (Lipinski definition) is 1. The molecule has 0 bridgehead atoms. The van der Waals surface area contributed by atoms with Crippen molar-refractivity contribution in [3.63, 3.8) is 0 Å². The van der Waals surface area contributed by atoms with Gasteiger partial charge in [0, 0.05) is 20.1 Å². The molecule has 0 saturated carbocycles. The molecule has 0 amide bonds. The average molecular weight is 430 g/mol. The highest BCUT2D eigenvalue weighted by molar-refractivity contribution is 7.32. The van der Waals surface area contributed by atoms with Crippen LogP contribution in [-0.4, -0.2) is 30.2 Å². The van der Waals surface area contributed by atoms with Gasteiger partial charge in [-0.05, 0) is 25.2 Å². The van der Waals surface area contributed by atoms with Gasteiger partial charge in [-0.2, -0.15) is 0 Å². The number of fused-ring (bicyclic) bond motifs is 1. The first-order chi connectivity index (χ1) is 13.7. The third-order valence-corrected chi connectivity index (χ3v) is 5.00. The highest BCUT2D eigenvalue weighted by atomic mass is 31.1. The Hall–Kier alpha value is -1.70. The summed E-state index contributed by atoms with van der Waals surface area (Å²) in [7, 11) is -1.29. The normalized spacial score (nSPS) is 12.2. The van der Waals surface area contributed by atoms with Crippen LogP contribution in [0.25, 0.3) is 11.2 Å². The van der Waals surface area contributed by atoms with Gasteiger partial charge in [-0.25, -0.2) is 9.78 Å². The highest BCUT2D eigenvalue weighted by Crippen LogP contribution is 2.15. The zero-order chi connectivity index (χ0) is 22.0. The van der Waals surface area contributed by atoms with Crippen LogP contribution in [0.1, 0.15) is 59.8 Å². The summed E-state index contributed by atoms with van der Waals surface area (Å²) in [6, 6.07) is 0. The first-order valence-corrected chi connectivity index (χ1v) is 11.5. The molecule has 1 atom stereocenters. The molecule has 0 aromatic carbocycles. The zero-order valence-corrected chi connectivity index (χ0v) is 19.2. The van der Waals surface area contributed by atoms with Gasteiger partial charge in [-0.3, -0.25) is 18.5 Å². The van der Waals surface area contributed by atoms with Crippen molar-refractivity contribution in [2.75, 3.05) is 6.61 Å². The minimum atomic E-state index is -2.90. The lowest BCUT2D eigenvalue weighted by molar-refractivity contribution is 0.273. The zero-order valence-electron chi connectivity index (χ0n) is 18.2. The van der Waals surface area contributed by atoms with Crippen LogP contribution in [0.5, 0.6) is 0 Å². The predicted octanol–water partition coefficient (Wildman–Crippen LogP) is 2.93. The quantitative estimate of drug-likeness (QED) is 0.459. The van der Waals surface area contributed by atoms with Crippen LogP contribution in [0.3, 0.4) is 0 Å². The van der Waals surface area contributed by atoms with E-state index in [9.17, 15) is 14.2 Å². The second-order valence-electron chi connectivity index (χ2n) is 7.41. The number of rotatable bonds is 10. The maximum atomic E-state index is 12.8. The number of aromatic nitrogens is 4. The van der Waals surface area contributed by atoms with Gasteiger partial charge in [0.25, 0.3) is 5.56 Å². The largest absolute Gasteiger partial charge is 0.332 e. The van der Waals surface area contributed by atoms with Gasteiger partial charge in [0.1, 0.15) is 0 Å². The minimum Gasteiger partial charge on any atom is -0.326 e. The molecule has 2 heterocycles. The summed E-state index contributed by atoms with van der Waals surface area (Å²) in [6.45, 7) is 9.54. The van der Waals surface area contributed by atoms with Crippen LogP contribution in [0.2, 0.25) is 0 Å². The minimum absolute atomic E-state index is 0.192. The molecular weight excluding hydrogens is 395 g/mol. The van der Waals surface area contributed by atoms with E-state index in [0.717, 1.165) is 6.42 Å².